The molecule has 0 aliphatic rings. The molecule has 0 saturated heterocycles. The summed E-state index contributed by atoms with van der Waals surface area (Å²) in [4.78, 5) is 0. The number of nitrogens with two attached hydrogens (primary N) is 1. The Balaban J connectivity index is 3.17. The zero-order chi connectivity index (χ0) is 10.7. The van der Waals surface area contributed by atoms with E-state index in [0.717, 1.165) is 0 Å². The van der Waals surface area contributed by atoms with Gasteiger partial charge in [0.1, 0.15) is 11.6 Å². The summed E-state index contributed by atoms with van der Waals surface area (Å²) in [5.41, 5.74) is 5.67. The zero-order valence-corrected chi connectivity index (χ0v) is 8.07. The maximum atomic E-state index is 13.2. The third kappa shape index (κ3) is 2.54. The summed E-state index contributed by atoms with van der Waals surface area (Å²) in [6.07, 6.45) is 0. The molecule has 0 aliphatic carbocycles. The predicted molar refractivity (Wildman–Crippen MR) is 51.6 cm³/mol. The number of benzene rings is 1. The molecule has 0 bridgehead atoms. The van der Waals surface area contributed by atoms with Crippen LogP contribution in [0.25, 0.3) is 0 Å². The van der Waals surface area contributed by atoms with Crippen LogP contribution in [0.1, 0.15) is 18.1 Å². The summed E-state index contributed by atoms with van der Waals surface area (Å²) in [5, 5.41) is 0. The van der Waals surface area contributed by atoms with E-state index in [4.69, 9.17) is 5.73 Å². The van der Waals surface area contributed by atoms with Gasteiger partial charge < -0.3 is 5.73 Å². The fraction of sp³-hybridized carbons (Fsp3) is 0.273. The minimum Gasteiger partial charge on any atom is -0.318 e. The molecule has 0 saturated carbocycles. The Morgan fingerprint density at radius 3 is 2.21 bits per heavy atom. The standard InChI is InChI=1S/C11H11F2N/c1-7-5-10(12)9(11(13)6-7)4-3-8(2)14/h5-6,8H,14H2,1-2H3. The van der Waals surface area contributed by atoms with Crippen LogP contribution in [0, 0.1) is 30.4 Å². The molecule has 0 spiro atoms. The summed E-state index contributed by atoms with van der Waals surface area (Å²) < 4.78 is 26.4. The Morgan fingerprint density at radius 2 is 1.79 bits per heavy atom. The van der Waals surface area contributed by atoms with Crippen LogP contribution in [0.3, 0.4) is 0 Å². The van der Waals surface area contributed by atoms with Crippen LogP contribution in [-0.2, 0) is 0 Å². The third-order valence-electron chi connectivity index (χ3n) is 1.61. The quantitative estimate of drug-likeness (QED) is 0.629. The van der Waals surface area contributed by atoms with Crippen LogP contribution in [-0.4, -0.2) is 6.04 Å². The van der Waals surface area contributed by atoms with E-state index >= 15 is 0 Å². The van der Waals surface area contributed by atoms with Gasteiger partial charge in [-0.05, 0) is 31.5 Å². The molecule has 1 aromatic carbocycles. The van der Waals surface area contributed by atoms with Gasteiger partial charge in [-0.2, -0.15) is 0 Å². The van der Waals surface area contributed by atoms with Gasteiger partial charge >= 0.3 is 0 Å². The fourth-order valence-corrected chi connectivity index (χ4v) is 1.01. The van der Waals surface area contributed by atoms with Crippen molar-refractivity contribution in [3.8, 4) is 11.8 Å². The van der Waals surface area contributed by atoms with Gasteiger partial charge in [0, 0.05) is 0 Å². The molecular weight excluding hydrogens is 184 g/mol. The van der Waals surface area contributed by atoms with Gasteiger partial charge in [-0.1, -0.05) is 11.8 Å². The summed E-state index contributed by atoms with van der Waals surface area (Å²) in [6.45, 7) is 3.27. The summed E-state index contributed by atoms with van der Waals surface area (Å²) in [7, 11) is 0. The van der Waals surface area contributed by atoms with Crippen LogP contribution in [0.15, 0.2) is 12.1 Å². The lowest BCUT2D eigenvalue weighted by molar-refractivity contribution is 0.575. The normalized spacial score (nSPS) is 11.8. The average Bonchev–Trinajstić information content (AvgIpc) is 2.01. The molecular formula is C11H11F2N. The summed E-state index contributed by atoms with van der Waals surface area (Å²) in [5.74, 6) is 3.61. The van der Waals surface area contributed by atoms with E-state index in [0.29, 0.717) is 5.56 Å². The Kier molecular flexibility index (Phi) is 3.21. The monoisotopic (exact) mass is 195 g/mol. The smallest absolute Gasteiger partial charge is 0.142 e. The Hall–Kier alpha value is -1.40. The largest absolute Gasteiger partial charge is 0.318 e. The van der Waals surface area contributed by atoms with Crippen LogP contribution in [0.2, 0.25) is 0 Å². The Morgan fingerprint density at radius 1 is 1.29 bits per heavy atom. The molecule has 0 amide bonds. The molecule has 0 radical (unpaired) electrons. The lowest BCUT2D eigenvalue weighted by atomic mass is 10.1. The maximum Gasteiger partial charge on any atom is 0.142 e. The molecule has 1 nitrogen and oxygen atoms in total. The molecule has 1 aromatic rings. The molecule has 2 N–H and O–H groups in total. The van der Waals surface area contributed by atoms with Crippen molar-refractivity contribution in [1.82, 2.24) is 0 Å². The highest BCUT2D eigenvalue weighted by Crippen LogP contribution is 2.13. The van der Waals surface area contributed by atoms with Gasteiger partial charge in [0.25, 0.3) is 0 Å². The molecule has 1 rings (SSSR count). The van der Waals surface area contributed by atoms with E-state index in [1.807, 2.05) is 0 Å². The van der Waals surface area contributed by atoms with Gasteiger partial charge in [-0.25, -0.2) is 8.78 Å². The minimum atomic E-state index is -0.643. The second kappa shape index (κ2) is 4.21. The van der Waals surface area contributed by atoms with Crippen molar-refractivity contribution in [3.05, 3.63) is 34.9 Å². The van der Waals surface area contributed by atoms with Crippen molar-refractivity contribution in [2.24, 2.45) is 5.73 Å². The van der Waals surface area contributed by atoms with E-state index < -0.39 is 17.7 Å². The number of halogens is 2. The topological polar surface area (TPSA) is 26.0 Å². The molecule has 74 valence electrons. The maximum absolute atomic E-state index is 13.2. The average molecular weight is 195 g/mol. The van der Waals surface area contributed by atoms with Gasteiger partial charge in [-0.15, -0.1) is 0 Å². The predicted octanol–water partition coefficient (Wildman–Crippen LogP) is 1.97. The van der Waals surface area contributed by atoms with Gasteiger partial charge in [0.15, 0.2) is 0 Å². The fourth-order valence-electron chi connectivity index (χ4n) is 1.01. The number of hydrogen-bond acceptors (Lipinski definition) is 1. The Labute approximate surface area is 81.9 Å². The van der Waals surface area contributed by atoms with Crippen molar-refractivity contribution in [1.29, 1.82) is 0 Å². The van der Waals surface area contributed by atoms with Crippen molar-refractivity contribution in [3.63, 3.8) is 0 Å². The van der Waals surface area contributed by atoms with Gasteiger partial charge in [-0.3, -0.25) is 0 Å². The first-order valence-electron chi connectivity index (χ1n) is 4.23. The number of hydrogen-bond donors (Lipinski definition) is 1. The molecule has 1 unspecified atom stereocenters. The van der Waals surface area contributed by atoms with E-state index in [1.54, 1.807) is 13.8 Å². The summed E-state index contributed by atoms with van der Waals surface area (Å²) >= 11 is 0. The molecule has 3 heteroatoms. The Bertz CT molecular complexity index is 376. The van der Waals surface area contributed by atoms with Crippen molar-refractivity contribution < 1.29 is 8.78 Å². The molecule has 1 atom stereocenters. The highest BCUT2D eigenvalue weighted by atomic mass is 19.1. The van der Waals surface area contributed by atoms with E-state index in [2.05, 4.69) is 11.8 Å². The first-order chi connectivity index (χ1) is 6.50. The number of rotatable bonds is 0. The molecule has 0 aliphatic heterocycles. The molecule has 0 fully saturated rings. The summed E-state index contributed by atoms with van der Waals surface area (Å²) in [6, 6.07) is 2.10. The van der Waals surface area contributed by atoms with E-state index in [-0.39, 0.29) is 5.56 Å². The van der Waals surface area contributed by atoms with Crippen molar-refractivity contribution in [2.45, 2.75) is 19.9 Å². The molecule has 0 aromatic heterocycles. The van der Waals surface area contributed by atoms with Crippen molar-refractivity contribution >= 4 is 0 Å². The third-order valence-corrected chi connectivity index (χ3v) is 1.61. The van der Waals surface area contributed by atoms with E-state index in [1.165, 1.54) is 12.1 Å². The minimum absolute atomic E-state index is 0.215. The SMILES string of the molecule is Cc1cc(F)c(C#CC(C)N)c(F)c1. The highest BCUT2D eigenvalue weighted by Gasteiger charge is 2.06. The van der Waals surface area contributed by atoms with Crippen LogP contribution < -0.4 is 5.73 Å². The molecule has 14 heavy (non-hydrogen) atoms. The van der Waals surface area contributed by atoms with E-state index in [9.17, 15) is 8.78 Å². The van der Waals surface area contributed by atoms with Crippen LogP contribution in [0.4, 0.5) is 8.78 Å². The van der Waals surface area contributed by atoms with Crippen LogP contribution in [0.5, 0.6) is 0 Å². The van der Waals surface area contributed by atoms with Gasteiger partial charge in [0.2, 0.25) is 0 Å². The lowest BCUT2D eigenvalue weighted by Gasteiger charge is -1.99. The highest BCUT2D eigenvalue weighted by molar-refractivity contribution is 5.39. The second-order valence-electron chi connectivity index (χ2n) is 3.16. The second-order valence-corrected chi connectivity index (χ2v) is 3.16. The first-order valence-corrected chi connectivity index (χ1v) is 4.23. The number of aryl methyl sites for hydroxylation is 1. The van der Waals surface area contributed by atoms with Crippen molar-refractivity contribution in [2.75, 3.05) is 0 Å². The lowest BCUT2D eigenvalue weighted by Crippen LogP contribution is -2.11. The first kappa shape index (κ1) is 10.7. The van der Waals surface area contributed by atoms with Gasteiger partial charge in [0.05, 0.1) is 11.6 Å². The zero-order valence-electron chi connectivity index (χ0n) is 8.07. The molecule has 0 heterocycles. The van der Waals surface area contributed by atoms with Crippen LogP contribution >= 0.6 is 0 Å².